The number of rotatable bonds is 0. The lowest BCUT2D eigenvalue weighted by Crippen LogP contribution is -2.25. The Morgan fingerprint density at radius 2 is 2.07 bits per heavy atom. The second-order valence-corrected chi connectivity index (χ2v) is 2.52. The number of amides is 1. The molecule has 1 aliphatic rings. The first-order valence-electron chi connectivity index (χ1n) is 3.51. The average Bonchev–Trinajstić information content (AvgIpc) is 2.03. The van der Waals surface area contributed by atoms with Gasteiger partial charge in [-0.25, -0.2) is 0 Å². The molecule has 0 atom stereocenters. The van der Waals surface area contributed by atoms with Crippen LogP contribution in [0.4, 0.5) is 5.69 Å². The van der Waals surface area contributed by atoms with Crippen molar-refractivity contribution >= 4 is 36.4 Å². The van der Waals surface area contributed by atoms with E-state index in [-0.39, 0.29) is 43.1 Å². The molecule has 78 valence electrons. The van der Waals surface area contributed by atoms with Gasteiger partial charge in [0.2, 0.25) is 0 Å². The zero-order chi connectivity index (χ0) is 8.55. The molecule has 0 aromatic heterocycles. The fourth-order valence-electron chi connectivity index (χ4n) is 1.07. The van der Waals surface area contributed by atoms with Crippen LogP contribution in [-0.2, 0) is 4.79 Å². The zero-order valence-corrected chi connectivity index (χ0v) is 8.65. The van der Waals surface area contributed by atoms with Crippen LogP contribution in [0, 0.1) is 0 Å². The summed E-state index contributed by atoms with van der Waals surface area (Å²) in [5.41, 5.74) is 0.520. The zero-order valence-electron chi connectivity index (χ0n) is 7.02. The predicted octanol–water partition coefficient (Wildman–Crippen LogP) is 1.57. The van der Waals surface area contributed by atoms with Crippen LogP contribution in [0.5, 0.6) is 11.5 Å². The van der Waals surface area contributed by atoms with Crippen molar-refractivity contribution in [2.45, 2.75) is 0 Å². The van der Waals surface area contributed by atoms with Crippen molar-refractivity contribution in [2.75, 3.05) is 11.9 Å². The minimum atomic E-state index is -0.201. The lowest BCUT2D eigenvalue weighted by molar-refractivity contribution is -0.118. The van der Waals surface area contributed by atoms with E-state index in [2.05, 4.69) is 5.32 Å². The van der Waals surface area contributed by atoms with Gasteiger partial charge in [-0.1, -0.05) is 0 Å². The Morgan fingerprint density at radius 1 is 1.36 bits per heavy atom. The summed E-state index contributed by atoms with van der Waals surface area (Å²) < 4.78 is 5.07. The van der Waals surface area contributed by atoms with E-state index in [9.17, 15) is 4.79 Å². The molecule has 2 N–H and O–H groups in total. The number of halogens is 2. The third-order valence-corrected chi connectivity index (χ3v) is 1.60. The topological polar surface area (TPSA) is 58.6 Å². The molecule has 1 heterocycles. The van der Waals surface area contributed by atoms with E-state index in [1.807, 2.05) is 0 Å². The summed E-state index contributed by atoms with van der Waals surface area (Å²) >= 11 is 0. The summed E-state index contributed by atoms with van der Waals surface area (Å²) in [7, 11) is 0. The van der Waals surface area contributed by atoms with Crippen molar-refractivity contribution < 1.29 is 14.6 Å². The number of carbonyl (C=O) groups is 1. The highest BCUT2D eigenvalue weighted by Gasteiger charge is 2.15. The first-order valence-corrected chi connectivity index (χ1v) is 3.51. The van der Waals surface area contributed by atoms with Crippen molar-refractivity contribution in [3.8, 4) is 11.5 Å². The molecule has 14 heavy (non-hydrogen) atoms. The Kier molecular flexibility index (Phi) is 4.53. The van der Waals surface area contributed by atoms with Gasteiger partial charge in [0.25, 0.3) is 5.91 Å². The lowest BCUT2D eigenvalue weighted by Gasteiger charge is -2.17. The molecule has 0 fully saturated rings. The molecule has 0 aliphatic carbocycles. The Hall–Kier alpha value is -1.13. The fourth-order valence-corrected chi connectivity index (χ4v) is 1.07. The van der Waals surface area contributed by atoms with Gasteiger partial charge in [0.1, 0.15) is 11.5 Å². The molecule has 1 aliphatic heterocycles. The number of phenolic OH excluding ortho intramolecular Hbond substituents is 1. The molecule has 2 rings (SSSR count). The van der Waals surface area contributed by atoms with E-state index < -0.39 is 0 Å². The minimum absolute atomic E-state index is 0. The molecule has 0 spiro atoms. The minimum Gasteiger partial charge on any atom is -0.508 e. The van der Waals surface area contributed by atoms with E-state index in [1.54, 1.807) is 6.07 Å². The summed E-state index contributed by atoms with van der Waals surface area (Å²) in [5.74, 6) is 0.500. The summed E-state index contributed by atoms with van der Waals surface area (Å²) in [6.45, 7) is 0.0395. The van der Waals surface area contributed by atoms with Gasteiger partial charge >= 0.3 is 0 Å². The number of anilines is 1. The normalized spacial score (nSPS) is 12.4. The number of phenols is 1. The van der Waals surface area contributed by atoms with Crippen LogP contribution >= 0.6 is 24.8 Å². The van der Waals surface area contributed by atoms with Crippen LogP contribution in [0.3, 0.4) is 0 Å². The molecule has 6 heteroatoms. The van der Waals surface area contributed by atoms with Gasteiger partial charge in [-0.3, -0.25) is 4.79 Å². The monoisotopic (exact) mass is 237 g/mol. The predicted molar refractivity (Wildman–Crippen MR) is 56.7 cm³/mol. The fraction of sp³-hybridized carbons (Fsp3) is 0.125. The quantitative estimate of drug-likeness (QED) is 0.721. The largest absolute Gasteiger partial charge is 0.508 e. The van der Waals surface area contributed by atoms with Crippen molar-refractivity contribution in [3.63, 3.8) is 0 Å². The van der Waals surface area contributed by atoms with Crippen molar-refractivity contribution in [1.29, 1.82) is 0 Å². The molecule has 1 aromatic rings. The van der Waals surface area contributed by atoms with Gasteiger partial charge in [0.05, 0.1) is 5.69 Å². The van der Waals surface area contributed by atoms with Gasteiger partial charge in [-0.05, 0) is 12.1 Å². The highest BCUT2D eigenvalue weighted by Crippen LogP contribution is 2.30. The summed E-state index contributed by atoms with van der Waals surface area (Å²) in [5, 5.41) is 11.6. The maximum absolute atomic E-state index is 10.8. The number of carbonyl (C=O) groups excluding carboxylic acids is 1. The van der Waals surface area contributed by atoms with Crippen LogP contribution in [0.1, 0.15) is 0 Å². The van der Waals surface area contributed by atoms with E-state index in [0.717, 1.165) is 0 Å². The third kappa shape index (κ3) is 2.43. The number of hydrogen-bond donors (Lipinski definition) is 2. The summed E-state index contributed by atoms with van der Waals surface area (Å²) in [6.07, 6.45) is 0. The lowest BCUT2D eigenvalue weighted by atomic mass is 10.2. The Labute approximate surface area is 93.1 Å². The van der Waals surface area contributed by atoms with Crippen LogP contribution in [-0.4, -0.2) is 17.6 Å². The Balaban J connectivity index is 0.000000845. The van der Waals surface area contributed by atoms with Crippen LogP contribution < -0.4 is 10.1 Å². The molecule has 0 bridgehead atoms. The first-order chi connectivity index (χ1) is 5.75. The average molecular weight is 238 g/mol. The molecule has 0 unspecified atom stereocenters. The molecule has 0 saturated carbocycles. The first kappa shape index (κ1) is 12.9. The van der Waals surface area contributed by atoms with E-state index in [1.165, 1.54) is 12.1 Å². The maximum Gasteiger partial charge on any atom is 0.262 e. The number of ether oxygens (including phenoxy) is 1. The maximum atomic E-state index is 10.8. The highest BCUT2D eigenvalue weighted by molar-refractivity contribution is 5.95. The summed E-state index contributed by atoms with van der Waals surface area (Å²) in [6, 6.07) is 4.58. The molecule has 0 radical (unpaired) electrons. The molecule has 4 nitrogen and oxygen atoms in total. The van der Waals surface area contributed by atoms with E-state index in [0.29, 0.717) is 11.4 Å². The Morgan fingerprint density at radius 3 is 2.79 bits per heavy atom. The standard InChI is InChI=1S/C8H7NO3.2ClH/c10-5-1-2-7-6(3-5)9-8(11)4-12-7;;/h1-3,10H,4H2,(H,9,11);2*1H. The van der Waals surface area contributed by atoms with Crippen molar-refractivity contribution in [2.24, 2.45) is 0 Å². The van der Waals surface area contributed by atoms with Crippen LogP contribution in [0.2, 0.25) is 0 Å². The van der Waals surface area contributed by atoms with Gasteiger partial charge < -0.3 is 15.2 Å². The number of hydrogen-bond acceptors (Lipinski definition) is 3. The summed E-state index contributed by atoms with van der Waals surface area (Å²) in [4.78, 5) is 10.8. The molecule has 1 aromatic carbocycles. The highest BCUT2D eigenvalue weighted by atomic mass is 35.5. The molecular formula is C8H9Cl2NO3. The smallest absolute Gasteiger partial charge is 0.262 e. The molecule has 0 saturated heterocycles. The SMILES string of the molecule is Cl.Cl.O=C1COc2ccc(O)cc2N1. The van der Waals surface area contributed by atoms with Crippen molar-refractivity contribution in [3.05, 3.63) is 18.2 Å². The van der Waals surface area contributed by atoms with Gasteiger partial charge in [0.15, 0.2) is 6.61 Å². The number of aromatic hydroxyl groups is 1. The third-order valence-electron chi connectivity index (χ3n) is 1.60. The van der Waals surface area contributed by atoms with Gasteiger partial charge in [-0.15, -0.1) is 24.8 Å². The molecule has 1 amide bonds. The Bertz CT molecular complexity index is 343. The van der Waals surface area contributed by atoms with E-state index in [4.69, 9.17) is 9.84 Å². The number of nitrogens with one attached hydrogen (secondary N) is 1. The van der Waals surface area contributed by atoms with Gasteiger partial charge in [0, 0.05) is 6.07 Å². The second kappa shape index (κ2) is 4.93. The second-order valence-electron chi connectivity index (χ2n) is 2.52. The van der Waals surface area contributed by atoms with Crippen LogP contribution in [0.15, 0.2) is 18.2 Å². The number of fused-ring (bicyclic) bond motifs is 1. The number of benzene rings is 1. The van der Waals surface area contributed by atoms with Gasteiger partial charge in [-0.2, -0.15) is 0 Å². The van der Waals surface area contributed by atoms with E-state index >= 15 is 0 Å². The van der Waals surface area contributed by atoms with Crippen molar-refractivity contribution in [1.82, 2.24) is 0 Å². The van der Waals surface area contributed by atoms with Crippen LogP contribution in [0.25, 0.3) is 0 Å². The molecular weight excluding hydrogens is 229 g/mol.